The maximum Gasteiger partial charge on any atom is 0.0449 e. The Morgan fingerprint density at radius 2 is 1.83 bits per heavy atom. The summed E-state index contributed by atoms with van der Waals surface area (Å²) < 4.78 is 0. The molecule has 9 atom stereocenters. The molecule has 4 rings (SSSR count). The largest absolute Gasteiger partial charge is 0.403 e. The van der Waals surface area contributed by atoms with Crippen LogP contribution in [0.4, 0.5) is 0 Å². The summed E-state index contributed by atoms with van der Waals surface area (Å²) in [5.74, 6) is 7.18. The zero-order chi connectivity index (χ0) is 25.4. The smallest absolute Gasteiger partial charge is 0.0449 e. The Kier molecular flexibility index (Phi) is 8.94. The van der Waals surface area contributed by atoms with Crippen molar-refractivity contribution in [1.82, 2.24) is 0 Å². The van der Waals surface area contributed by atoms with Crippen molar-refractivity contribution < 1.29 is 0 Å². The molecule has 0 aliphatic heterocycles. The van der Waals surface area contributed by atoms with Gasteiger partial charge in [-0.05, 0) is 116 Å². The lowest BCUT2D eigenvalue weighted by molar-refractivity contribution is -0.0506. The standard InChI is InChI=1S/C31H54N2S2/c1-20(2)15-21(3)16-22(4)27-9-10-28-26-8-7-23-17-25(35-34-19-24(33)18-32)11-13-30(23,5)29(26)12-14-31(27,28)6/h7,18,20-22,25-29H,8-17,19,32-33H2,1-6H3/b24-18-. The quantitative estimate of drug-likeness (QED) is 0.236. The minimum absolute atomic E-state index is 0.456. The van der Waals surface area contributed by atoms with Crippen molar-refractivity contribution in [2.75, 3.05) is 5.75 Å². The summed E-state index contributed by atoms with van der Waals surface area (Å²) in [6, 6.07) is 0. The first-order chi connectivity index (χ1) is 16.6. The second-order valence-electron chi connectivity index (χ2n) is 13.9. The van der Waals surface area contributed by atoms with Crippen LogP contribution in [-0.2, 0) is 0 Å². The minimum atomic E-state index is 0.456. The van der Waals surface area contributed by atoms with Gasteiger partial charge in [0.25, 0.3) is 0 Å². The highest BCUT2D eigenvalue weighted by molar-refractivity contribution is 8.77. The van der Waals surface area contributed by atoms with Gasteiger partial charge in [-0.15, -0.1) is 0 Å². The van der Waals surface area contributed by atoms with E-state index in [0.717, 1.165) is 58.1 Å². The lowest BCUT2D eigenvalue weighted by Crippen LogP contribution is -2.50. The van der Waals surface area contributed by atoms with E-state index in [9.17, 15) is 0 Å². The van der Waals surface area contributed by atoms with Crippen LogP contribution < -0.4 is 11.5 Å². The molecule has 0 aromatic carbocycles. The monoisotopic (exact) mass is 518 g/mol. The SMILES string of the molecule is CC(C)CC(C)CC(C)C1CCC2C3CC=C4CC(SSC/C(N)=C/N)CCC4(C)C3CCC12C. The Bertz CT molecular complexity index is 791. The fraction of sp³-hybridized carbons (Fsp3) is 0.871. The van der Waals surface area contributed by atoms with Crippen molar-refractivity contribution in [3.63, 3.8) is 0 Å². The molecule has 0 spiro atoms. The van der Waals surface area contributed by atoms with Crippen molar-refractivity contribution in [3.05, 3.63) is 23.5 Å². The average Bonchev–Trinajstić information content (AvgIpc) is 3.15. The second-order valence-corrected chi connectivity index (χ2v) is 16.6. The molecule has 0 saturated heterocycles. The molecule has 0 aromatic heterocycles. The van der Waals surface area contributed by atoms with E-state index in [2.05, 4.69) is 58.4 Å². The lowest BCUT2D eigenvalue weighted by Gasteiger charge is -2.58. The summed E-state index contributed by atoms with van der Waals surface area (Å²) in [7, 11) is 3.94. The molecule has 200 valence electrons. The van der Waals surface area contributed by atoms with Gasteiger partial charge in [0.15, 0.2) is 0 Å². The molecule has 2 nitrogen and oxygen atoms in total. The highest BCUT2D eigenvalue weighted by Gasteiger charge is 2.59. The van der Waals surface area contributed by atoms with Gasteiger partial charge in [-0.1, -0.05) is 74.8 Å². The van der Waals surface area contributed by atoms with E-state index in [-0.39, 0.29) is 0 Å². The molecular formula is C31H54N2S2. The maximum atomic E-state index is 5.90. The highest BCUT2D eigenvalue weighted by Crippen LogP contribution is 2.67. The van der Waals surface area contributed by atoms with Gasteiger partial charge in [-0.3, -0.25) is 0 Å². The van der Waals surface area contributed by atoms with Crippen LogP contribution in [0.2, 0.25) is 0 Å². The van der Waals surface area contributed by atoms with Crippen molar-refractivity contribution in [1.29, 1.82) is 0 Å². The molecule has 3 saturated carbocycles. The van der Waals surface area contributed by atoms with Gasteiger partial charge in [0.1, 0.15) is 0 Å². The minimum Gasteiger partial charge on any atom is -0.403 e. The molecule has 0 heterocycles. The number of hydrogen-bond donors (Lipinski definition) is 2. The summed E-state index contributed by atoms with van der Waals surface area (Å²) in [5, 5.41) is 0.736. The van der Waals surface area contributed by atoms with Crippen LogP contribution in [0.15, 0.2) is 23.5 Å². The number of hydrogen-bond acceptors (Lipinski definition) is 4. The molecule has 0 aromatic rings. The molecule has 0 amide bonds. The third-order valence-electron chi connectivity index (χ3n) is 11.1. The summed E-state index contributed by atoms with van der Waals surface area (Å²) in [4.78, 5) is 0. The number of rotatable bonds is 9. The van der Waals surface area contributed by atoms with Gasteiger partial charge >= 0.3 is 0 Å². The fourth-order valence-corrected chi connectivity index (χ4v) is 12.3. The Labute approximate surface area is 225 Å². The van der Waals surface area contributed by atoms with Crippen LogP contribution in [0.5, 0.6) is 0 Å². The molecule has 4 aliphatic carbocycles. The summed E-state index contributed by atoms with van der Waals surface area (Å²) in [5.41, 5.74) is 15.1. The lowest BCUT2D eigenvalue weighted by atomic mass is 9.47. The van der Waals surface area contributed by atoms with Crippen molar-refractivity contribution in [2.45, 2.75) is 111 Å². The molecule has 0 radical (unpaired) electrons. The van der Waals surface area contributed by atoms with Crippen molar-refractivity contribution >= 4 is 21.6 Å². The summed E-state index contributed by atoms with van der Waals surface area (Å²) >= 11 is 0. The van der Waals surface area contributed by atoms with Gasteiger partial charge < -0.3 is 11.5 Å². The Balaban J connectivity index is 1.41. The molecule has 4 heteroatoms. The molecule has 4 N–H and O–H groups in total. The van der Waals surface area contributed by atoms with Crippen LogP contribution >= 0.6 is 21.6 Å². The summed E-state index contributed by atoms with van der Waals surface area (Å²) in [6.07, 6.45) is 18.4. The first-order valence-electron chi connectivity index (χ1n) is 14.7. The number of allylic oxidation sites excluding steroid dienone is 2. The summed E-state index contributed by atoms with van der Waals surface area (Å²) in [6.45, 7) is 15.3. The van der Waals surface area contributed by atoms with E-state index in [4.69, 9.17) is 11.5 Å². The molecule has 35 heavy (non-hydrogen) atoms. The van der Waals surface area contributed by atoms with Gasteiger partial charge in [-0.25, -0.2) is 0 Å². The molecule has 3 fully saturated rings. The van der Waals surface area contributed by atoms with Crippen LogP contribution in [-0.4, -0.2) is 11.0 Å². The average molecular weight is 519 g/mol. The topological polar surface area (TPSA) is 52.0 Å². The van der Waals surface area contributed by atoms with Crippen LogP contribution in [0.3, 0.4) is 0 Å². The Morgan fingerprint density at radius 3 is 2.54 bits per heavy atom. The zero-order valence-electron chi connectivity index (χ0n) is 23.5. The van der Waals surface area contributed by atoms with Gasteiger partial charge in [0.05, 0.1) is 0 Å². The molecule has 4 aliphatic rings. The second kappa shape index (κ2) is 11.3. The fourth-order valence-electron chi connectivity index (χ4n) is 9.63. The highest BCUT2D eigenvalue weighted by atomic mass is 33.1. The van der Waals surface area contributed by atoms with E-state index in [1.807, 2.05) is 10.8 Å². The zero-order valence-corrected chi connectivity index (χ0v) is 25.2. The van der Waals surface area contributed by atoms with Gasteiger partial charge in [0, 0.05) is 22.9 Å². The normalized spacial score (nSPS) is 41.1. The predicted octanol–water partition coefficient (Wildman–Crippen LogP) is 8.78. The van der Waals surface area contributed by atoms with E-state index in [1.165, 1.54) is 64.2 Å². The van der Waals surface area contributed by atoms with Crippen LogP contribution in [0, 0.1) is 52.3 Å². The third-order valence-corrected chi connectivity index (χ3v) is 14.0. The number of fused-ring (bicyclic) bond motifs is 5. The predicted molar refractivity (Wildman–Crippen MR) is 158 cm³/mol. The Hall–Kier alpha value is -0.220. The van der Waals surface area contributed by atoms with Gasteiger partial charge in [0.2, 0.25) is 0 Å². The van der Waals surface area contributed by atoms with E-state index in [1.54, 1.807) is 11.8 Å². The van der Waals surface area contributed by atoms with E-state index < -0.39 is 0 Å². The Morgan fingerprint density at radius 1 is 1.06 bits per heavy atom. The van der Waals surface area contributed by atoms with Crippen LogP contribution in [0.25, 0.3) is 0 Å². The maximum absolute atomic E-state index is 5.90. The van der Waals surface area contributed by atoms with Crippen LogP contribution in [0.1, 0.15) is 106 Å². The van der Waals surface area contributed by atoms with E-state index in [0.29, 0.717) is 10.8 Å². The molecule has 0 bridgehead atoms. The molecular weight excluding hydrogens is 464 g/mol. The molecule has 9 unspecified atom stereocenters. The first-order valence-corrected chi connectivity index (χ1v) is 17.1. The first kappa shape index (κ1) is 27.8. The number of nitrogens with two attached hydrogens (primary N) is 2. The van der Waals surface area contributed by atoms with E-state index >= 15 is 0 Å². The van der Waals surface area contributed by atoms with Gasteiger partial charge in [-0.2, -0.15) is 0 Å². The van der Waals surface area contributed by atoms with Crippen molar-refractivity contribution in [2.24, 2.45) is 63.7 Å². The van der Waals surface area contributed by atoms with Crippen molar-refractivity contribution in [3.8, 4) is 0 Å². The third kappa shape index (κ3) is 5.64.